The number of hydrogen-bond donors (Lipinski definition) is 4. The number of amides is 2. The van der Waals surface area contributed by atoms with E-state index in [9.17, 15) is 44.0 Å². The summed E-state index contributed by atoms with van der Waals surface area (Å²) in [4.78, 5) is 72.5. The fourth-order valence-electron chi connectivity index (χ4n) is 14.3. The summed E-state index contributed by atoms with van der Waals surface area (Å²) < 4.78 is 114. The molecule has 9 aromatic rings. The van der Waals surface area contributed by atoms with Crippen molar-refractivity contribution in [3.05, 3.63) is 197 Å². The minimum atomic E-state index is -4.29. The molecular weight excluding hydrogens is 1500 g/mol. The van der Waals surface area contributed by atoms with Gasteiger partial charge in [-0.05, 0) is 190 Å². The second kappa shape index (κ2) is 34.8. The zero-order valence-electron chi connectivity index (χ0n) is 66.7. The molecule has 600 valence electrons. The number of anilines is 5. The first-order chi connectivity index (χ1) is 53.1. The summed E-state index contributed by atoms with van der Waals surface area (Å²) in [6.07, 6.45) is 6.50. The van der Waals surface area contributed by atoms with Gasteiger partial charge in [0.1, 0.15) is 57.9 Å². The van der Waals surface area contributed by atoms with E-state index in [0.29, 0.717) is 114 Å². The average Bonchev–Trinajstić information content (AvgIpc) is 1.71. The molecule has 12 rings (SSSR count). The van der Waals surface area contributed by atoms with E-state index in [2.05, 4.69) is 127 Å². The normalized spacial score (nSPS) is 17.4. The number of benzene rings is 3. The molecule has 3 aliphatic rings. The molecule has 4 atom stereocenters. The Morgan fingerprint density at radius 2 is 1.19 bits per heavy atom. The maximum Gasteiger partial charge on any atom is 0.281 e. The van der Waals surface area contributed by atoms with Gasteiger partial charge < -0.3 is 40.4 Å². The van der Waals surface area contributed by atoms with E-state index in [0.717, 1.165) is 48.1 Å². The fourth-order valence-corrected chi connectivity index (χ4v) is 17.4. The molecule has 113 heavy (non-hydrogen) atoms. The van der Waals surface area contributed by atoms with Crippen molar-refractivity contribution >= 4 is 76.6 Å². The maximum atomic E-state index is 14.5. The van der Waals surface area contributed by atoms with E-state index < -0.39 is 59.1 Å². The molecule has 2 amide bonds. The van der Waals surface area contributed by atoms with Crippen molar-refractivity contribution in [2.45, 2.75) is 147 Å². The van der Waals surface area contributed by atoms with E-state index in [4.69, 9.17) is 35.6 Å². The van der Waals surface area contributed by atoms with Crippen molar-refractivity contribution in [1.82, 2.24) is 39.3 Å². The van der Waals surface area contributed by atoms with Crippen LogP contribution in [0.5, 0.6) is 17.2 Å². The summed E-state index contributed by atoms with van der Waals surface area (Å²) in [5, 5.41) is -0.823. The highest BCUT2D eigenvalue weighted by Crippen LogP contribution is 2.41. The molecule has 3 fully saturated rings. The molecular formula is C84H102FN13O12S3. The van der Waals surface area contributed by atoms with Gasteiger partial charge in [-0.15, -0.1) is 0 Å². The molecule has 3 saturated heterocycles. The smallest absolute Gasteiger partial charge is 0.281 e. The molecule has 0 spiro atoms. The number of ether oxygens (including phenoxy) is 3. The molecule has 9 heterocycles. The topological polar surface area (TPSA) is 344 Å². The van der Waals surface area contributed by atoms with Gasteiger partial charge >= 0.3 is 0 Å². The van der Waals surface area contributed by atoms with Gasteiger partial charge in [-0.25, -0.2) is 52.2 Å². The van der Waals surface area contributed by atoms with Crippen LogP contribution >= 0.6 is 0 Å². The van der Waals surface area contributed by atoms with Gasteiger partial charge in [-0.1, -0.05) is 105 Å². The number of pyridine rings is 6. The third-order valence-corrected chi connectivity index (χ3v) is 24.2. The number of nitrogens with zero attached hydrogens (tertiary/aromatic N) is 9. The number of Topliss-reactive ketones (excluding diaryl/α,β-unsaturated/α-hetero) is 1. The van der Waals surface area contributed by atoms with Crippen LogP contribution in [0.25, 0.3) is 22.4 Å². The first-order valence-electron chi connectivity index (χ1n) is 37.5. The van der Waals surface area contributed by atoms with Gasteiger partial charge in [-0.2, -0.15) is 16.8 Å². The third kappa shape index (κ3) is 21.0. The Balaban J connectivity index is 0.000000180. The highest BCUT2D eigenvalue weighted by atomic mass is 32.2. The van der Waals surface area contributed by atoms with Crippen LogP contribution in [-0.2, 0) is 41.7 Å². The summed E-state index contributed by atoms with van der Waals surface area (Å²) in [5.41, 5.74) is 16.4. The van der Waals surface area contributed by atoms with Crippen LogP contribution in [-0.4, -0.2) is 137 Å². The predicted molar refractivity (Wildman–Crippen MR) is 438 cm³/mol. The van der Waals surface area contributed by atoms with Gasteiger partial charge in [0.25, 0.3) is 31.9 Å². The van der Waals surface area contributed by atoms with Crippen LogP contribution in [0.3, 0.4) is 0 Å². The number of carbonyl (C=O) groups excluding carboxylic acids is 3. The lowest BCUT2D eigenvalue weighted by molar-refractivity contribution is 0.0972. The Bertz CT molecular complexity index is 5350. The highest BCUT2D eigenvalue weighted by Gasteiger charge is 2.41. The number of sulfone groups is 1. The molecule has 0 aliphatic carbocycles. The number of hydrogen-bond acceptors (Lipinski definition) is 23. The van der Waals surface area contributed by atoms with Crippen LogP contribution in [0.4, 0.5) is 33.5 Å². The number of carbonyl (C=O) groups is 3. The zero-order chi connectivity index (χ0) is 82.3. The molecule has 4 unspecified atom stereocenters. The average molecular weight is 1600 g/mol. The second-order valence-corrected chi connectivity index (χ2v) is 37.3. The Morgan fingerprint density at radius 1 is 0.593 bits per heavy atom. The van der Waals surface area contributed by atoms with E-state index in [1.165, 1.54) is 60.7 Å². The van der Waals surface area contributed by atoms with Crippen LogP contribution in [0.1, 0.15) is 157 Å². The molecule has 29 heteroatoms. The molecule has 6 N–H and O–H groups in total. The number of nitrogen functional groups attached to an aromatic ring is 2. The molecule has 25 nitrogen and oxygen atoms in total. The fraction of sp³-hybridized carbons (Fsp3) is 0.393. The number of methoxy groups -OCH3 is 2. The molecule has 3 aliphatic heterocycles. The Labute approximate surface area is 663 Å². The van der Waals surface area contributed by atoms with Crippen molar-refractivity contribution < 1.29 is 58.2 Å². The summed E-state index contributed by atoms with van der Waals surface area (Å²) in [6.45, 7) is 30.6. The van der Waals surface area contributed by atoms with Crippen LogP contribution in [0, 0.1) is 35.4 Å². The number of rotatable bonds is 22. The van der Waals surface area contributed by atoms with Gasteiger partial charge in [0, 0.05) is 84.5 Å². The number of nitrogens with one attached hydrogen (secondary N) is 2. The number of sulfonamides is 2. The first-order valence-corrected chi connectivity index (χ1v) is 42.1. The highest BCUT2D eigenvalue weighted by molar-refractivity contribution is 7.92. The van der Waals surface area contributed by atoms with Gasteiger partial charge in [0.2, 0.25) is 9.84 Å². The minimum Gasteiger partial charge on any atom is -0.497 e. The standard InChI is InChI=1S/C28H34FN5O4S.C28H35N5O3S.C28H33N3O5S/c1-17(2)16-38-22-13-20(12-21(29)14-22)24-9-8-23(27(31-24)34-11-10-18(3)19(4)15-34)28(35)33-39(36,37)26-7-5-6-25(30)32-26;1-18-15-28(5,6)33(17-18)25-22(26(34)32-37(35,36)24-12-8-11-23(29)31-24)14-20(16-30-25)19-9-7-10-21(13-19)27(2,3)4;1-19-16-28(2,3)31(17-19)27-23(9-7-13-29-27)24(32)18-37(33,34)26-10-6-8-21(30-26)14-20-15-22(35-4)11-12-25(20)36-5/h5-9,12-14,17-19H,10-11,15-16H2,1-4H3,(H2,30,32)(H,33,35);7-14,16,18H,15,17H2,1-6H3,(H2,29,31)(H,32,34);6-13,15,19H,14,16-18H2,1-5H3. The van der Waals surface area contributed by atoms with Crippen LogP contribution < -0.4 is 49.8 Å². The number of halogens is 1. The molecule has 0 bridgehead atoms. The summed E-state index contributed by atoms with van der Waals surface area (Å²) in [7, 11) is -9.38. The van der Waals surface area contributed by atoms with Crippen molar-refractivity contribution in [2.24, 2.45) is 29.6 Å². The van der Waals surface area contributed by atoms with Crippen LogP contribution in [0.2, 0.25) is 0 Å². The quantitative estimate of drug-likeness (QED) is 0.0458. The lowest BCUT2D eigenvalue weighted by Gasteiger charge is -2.37. The number of piperidine rings is 1. The van der Waals surface area contributed by atoms with E-state index >= 15 is 0 Å². The SMILES string of the molecule is CC(C)COc1cc(F)cc(-c2ccc(C(=O)NS(=O)(=O)c3cccc(N)n3)c(N3CCC(C)C(C)C3)n2)c1.CC1CN(c2ncc(-c3cccc(C(C)(C)C)c3)cc2C(=O)NS(=O)(=O)c2cccc(N)n2)C(C)(C)C1.COc1ccc(OC)c(Cc2cccc(S(=O)(=O)CC(=O)c3cccnc3N3CC(C)CC3(C)C)n2)c1. The molecule has 3 aromatic carbocycles. The van der Waals surface area contributed by atoms with Crippen molar-refractivity contribution in [1.29, 1.82) is 0 Å². The molecule has 0 radical (unpaired) electrons. The lowest BCUT2D eigenvalue weighted by atomic mass is 9.85. The lowest BCUT2D eigenvalue weighted by Crippen LogP contribution is -2.41. The summed E-state index contributed by atoms with van der Waals surface area (Å²) in [6, 6.07) is 39.2. The monoisotopic (exact) mass is 1600 g/mol. The number of nitrogens with two attached hydrogens (primary N) is 2. The number of ketones is 1. The maximum absolute atomic E-state index is 14.5. The van der Waals surface area contributed by atoms with Crippen molar-refractivity contribution in [2.75, 3.05) is 78.9 Å². The largest absolute Gasteiger partial charge is 0.497 e. The Kier molecular flexibility index (Phi) is 26.1. The Hall–Kier alpha value is -10.7. The first kappa shape index (κ1) is 84.8. The van der Waals surface area contributed by atoms with E-state index in [-0.39, 0.29) is 60.3 Å². The van der Waals surface area contributed by atoms with E-state index in [1.54, 1.807) is 81.2 Å². The summed E-state index contributed by atoms with van der Waals surface area (Å²) in [5.74, 6) is 1.71. The molecule has 6 aromatic heterocycles. The zero-order valence-corrected chi connectivity index (χ0v) is 69.1. The predicted octanol–water partition coefficient (Wildman–Crippen LogP) is 13.6. The third-order valence-electron chi connectivity index (χ3n) is 20.2. The van der Waals surface area contributed by atoms with Crippen LogP contribution in [0.15, 0.2) is 173 Å². The second-order valence-electron chi connectivity index (χ2n) is 32.1. The van der Waals surface area contributed by atoms with E-state index in [1.807, 2.05) is 36.9 Å². The van der Waals surface area contributed by atoms with Gasteiger partial charge in [0.05, 0.1) is 43.2 Å². The Morgan fingerprint density at radius 3 is 1.77 bits per heavy atom. The van der Waals surface area contributed by atoms with Crippen molar-refractivity contribution in [3.8, 4) is 39.6 Å². The number of aromatic nitrogens is 6. The summed E-state index contributed by atoms with van der Waals surface area (Å²) >= 11 is 0. The minimum absolute atomic E-state index is 0.0142. The molecule has 0 saturated carbocycles. The van der Waals surface area contributed by atoms with Gasteiger partial charge in [-0.3, -0.25) is 14.4 Å². The van der Waals surface area contributed by atoms with Gasteiger partial charge in [0.15, 0.2) is 20.9 Å². The van der Waals surface area contributed by atoms with Crippen molar-refractivity contribution in [3.63, 3.8) is 0 Å².